The molecule has 2 aliphatic rings. The van der Waals surface area contributed by atoms with Crippen LogP contribution in [0.5, 0.6) is 0 Å². The van der Waals surface area contributed by atoms with Gasteiger partial charge in [-0.15, -0.1) is 24.0 Å². The van der Waals surface area contributed by atoms with E-state index in [-0.39, 0.29) is 35.8 Å². The summed E-state index contributed by atoms with van der Waals surface area (Å²) in [6, 6.07) is 8.23. The Morgan fingerprint density at radius 1 is 1.23 bits per heavy atom. The second kappa shape index (κ2) is 12.1. The van der Waals surface area contributed by atoms with Crippen molar-refractivity contribution in [3.05, 3.63) is 35.4 Å². The summed E-state index contributed by atoms with van der Waals surface area (Å²) in [6.07, 6.45) is 4.11. The van der Waals surface area contributed by atoms with Gasteiger partial charge in [0.2, 0.25) is 11.8 Å². The minimum Gasteiger partial charge on any atom is -0.370 e. The van der Waals surface area contributed by atoms with E-state index in [1.54, 1.807) is 0 Å². The highest BCUT2D eigenvalue weighted by Crippen LogP contribution is 2.21. The molecule has 1 aromatic rings. The van der Waals surface area contributed by atoms with Gasteiger partial charge in [-0.2, -0.15) is 0 Å². The molecule has 0 radical (unpaired) electrons. The van der Waals surface area contributed by atoms with Gasteiger partial charge in [0.05, 0.1) is 6.54 Å². The van der Waals surface area contributed by atoms with Crippen LogP contribution in [0.3, 0.4) is 0 Å². The first kappa shape index (κ1) is 24.4. The molecule has 1 aromatic carbocycles. The monoisotopic (exact) mass is 527 g/mol. The van der Waals surface area contributed by atoms with E-state index in [9.17, 15) is 9.59 Å². The number of primary amides is 1. The first-order valence-corrected chi connectivity index (χ1v) is 10.7. The smallest absolute Gasteiger partial charge is 0.222 e. The first-order chi connectivity index (χ1) is 14.1. The van der Waals surface area contributed by atoms with E-state index in [0.717, 1.165) is 62.5 Å². The first-order valence-electron chi connectivity index (χ1n) is 10.7. The summed E-state index contributed by atoms with van der Waals surface area (Å²) in [5.74, 6) is 1.18. The summed E-state index contributed by atoms with van der Waals surface area (Å²) in [7, 11) is 0. The summed E-state index contributed by atoms with van der Waals surface area (Å²) < 4.78 is 0. The Bertz CT molecular complexity index is 755. The van der Waals surface area contributed by atoms with Crippen LogP contribution in [0.2, 0.25) is 0 Å². The number of nitrogens with two attached hydrogens (primary N) is 1. The van der Waals surface area contributed by atoms with E-state index in [2.05, 4.69) is 29.3 Å². The average Bonchev–Trinajstić information content (AvgIpc) is 3.10. The topological polar surface area (TPSA) is 91.0 Å². The number of likely N-dealkylation sites (tertiary alicyclic amines) is 2. The van der Waals surface area contributed by atoms with E-state index in [1.807, 2.05) is 17.0 Å². The summed E-state index contributed by atoms with van der Waals surface area (Å²) in [4.78, 5) is 32.4. The summed E-state index contributed by atoms with van der Waals surface area (Å²) in [5.41, 5.74) is 7.71. The molecule has 2 amide bonds. The third-order valence-corrected chi connectivity index (χ3v) is 5.69. The van der Waals surface area contributed by atoms with Crippen LogP contribution < -0.4 is 11.1 Å². The molecular weight excluding hydrogens is 493 g/mol. The molecule has 2 aliphatic heterocycles. The Morgan fingerprint density at radius 3 is 2.67 bits per heavy atom. The zero-order valence-electron chi connectivity index (χ0n) is 17.8. The van der Waals surface area contributed by atoms with Gasteiger partial charge in [0.1, 0.15) is 0 Å². The zero-order valence-corrected chi connectivity index (χ0v) is 20.1. The molecule has 7 nitrogen and oxygen atoms in total. The van der Waals surface area contributed by atoms with E-state index in [1.165, 1.54) is 0 Å². The van der Waals surface area contributed by atoms with Crippen molar-refractivity contribution < 1.29 is 9.59 Å². The predicted molar refractivity (Wildman–Crippen MR) is 129 cm³/mol. The van der Waals surface area contributed by atoms with Gasteiger partial charge in [0.15, 0.2) is 5.96 Å². The lowest BCUT2D eigenvalue weighted by molar-refractivity contribution is -0.128. The molecule has 0 aromatic heterocycles. The van der Waals surface area contributed by atoms with Crippen LogP contribution in [-0.4, -0.2) is 53.8 Å². The van der Waals surface area contributed by atoms with Gasteiger partial charge < -0.3 is 20.9 Å². The van der Waals surface area contributed by atoms with Gasteiger partial charge in [0.25, 0.3) is 0 Å². The van der Waals surface area contributed by atoms with Crippen molar-refractivity contribution >= 4 is 41.8 Å². The Kier molecular flexibility index (Phi) is 9.87. The molecule has 2 fully saturated rings. The number of guanidine groups is 1. The fraction of sp³-hybridized carbons (Fsp3) is 0.591. The fourth-order valence-corrected chi connectivity index (χ4v) is 4.24. The molecule has 30 heavy (non-hydrogen) atoms. The molecule has 0 spiro atoms. The number of carbonyl (C=O) groups excluding carboxylic acids is 2. The number of carbonyl (C=O) groups is 2. The van der Waals surface area contributed by atoms with Crippen LogP contribution in [-0.2, 0) is 22.7 Å². The van der Waals surface area contributed by atoms with Crippen molar-refractivity contribution in [2.45, 2.75) is 52.1 Å². The molecule has 166 valence electrons. The number of nitrogens with zero attached hydrogens (tertiary/aromatic N) is 3. The maximum absolute atomic E-state index is 12.0. The van der Waals surface area contributed by atoms with E-state index >= 15 is 0 Å². The maximum atomic E-state index is 12.0. The zero-order chi connectivity index (χ0) is 20.6. The third-order valence-electron chi connectivity index (χ3n) is 5.69. The average molecular weight is 527 g/mol. The molecule has 2 saturated heterocycles. The van der Waals surface area contributed by atoms with Crippen molar-refractivity contribution in [1.29, 1.82) is 0 Å². The maximum Gasteiger partial charge on any atom is 0.222 e. The molecular formula is C22H34IN5O2. The number of aliphatic imine (C=N–C) groups is 1. The number of halogens is 1. The number of hydrogen-bond donors (Lipinski definition) is 2. The largest absolute Gasteiger partial charge is 0.370 e. The van der Waals surface area contributed by atoms with Crippen molar-refractivity contribution in [3.63, 3.8) is 0 Å². The number of amides is 2. The lowest BCUT2D eigenvalue weighted by atomic mass is 9.95. The van der Waals surface area contributed by atoms with E-state index in [4.69, 9.17) is 10.7 Å². The van der Waals surface area contributed by atoms with Crippen LogP contribution in [0.25, 0.3) is 0 Å². The van der Waals surface area contributed by atoms with Crippen LogP contribution in [0, 0.1) is 5.92 Å². The van der Waals surface area contributed by atoms with Gasteiger partial charge in [-0.25, -0.2) is 4.99 Å². The Morgan fingerprint density at radius 2 is 2.00 bits per heavy atom. The van der Waals surface area contributed by atoms with Crippen LogP contribution in [0.4, 0.5) is 0 Å². The van der Waals surface area contributed by atoms with Crippen molar-refractivity contribution in [2.24, 2.45) is 16.6 Å². The minimum atomic E-state index is -0.232. The molecule has 0 saturated carbocycles. The van der Waals surface area contributed by atoms with Gasteiger partial charge in [0, 0.05) is 45.6 Å². The normalized spacial score (nSPS) is 19.6. The molecule has 0 aliphatic carbocycles. The summed E-state index contributed by atoms with van der Waals surface area (Å²) >= 11 is 0. The van der Waals surface area contributed by atoms with Crippen LogP contribution in [0.15, 0.2) is 29.3 Å². The Labute approximate surface area is 196 Å². The highest BCUT2D eigenvalue weighted by Gasteiger charge is 2.24. The van der Waals surface area contributed by atoms with E-state index < -0.39 is 0 Å². The number of piperidine rings is 1. The molecule has 3 rings (SSSR count). The highest BCUT2D eigenvalue weighted by molar-refractivity contribution is 14.0. The summed E-state index contributed by atoms with van der Waals surface area (Å²) in [6.45, 7) is 6.66. The van der Waals surface area contributed by atoms with Gasteiger partial charge in [-0.3, -0.25) is 9.59 Å². The second-order valence-electron chi connectivity index (χ2n) is 7.98. The molecule has 0 bridgehead atoms. The molecule has 3 N–H and O–H groups in total. The van der Waals surface area contributed by atoms with Crippen LogP contribution in [0.1, 0.15) is 50.2 Å². The highest BCUT2D eigenvalue weighted by atomic mass is 127. The van der Waals surface area contributed by atoms with Crippen molar-refractivity contribution in [2.75, 3.05) is 26.2 Å². The SMILES string of the molecule is CCNC(=NCc1ccccc1CN1CCCC1=O)N1CCCC(CC(N)=O)C1.I. The standard InChI is InChI=1S/C22H33N5O2.HI/c1-2-24-22(27-12-5-7-17(15-27)13-20(23)28)25-14-18-8-3-4-9-19(18)16-26-11-6-10-21(26)29;/h3-4,8-9,17H,2,5-7,10-16H2,1H3,(H2,23,28)(H,24,25);1H. The molecule has 8 heteroatoms. The van der Waals surface area contributed by atoms with E-state index in [0.29, 0.717) is 31.8 Å². The molecule has 1 unspecified atom stereocenters. The predicted octanol–water partition coefficient (Wildman–Crippen LogP) is 2.48. The van der Waals surface area contributed by atoms with Gasteiger partial charge >= 0.3 is 0 Å². The minimum absolute atomic E-state index is 0. The quantitative estimate of drug-likeness (QED) is 0.324. The lowest BCUT2D eigenvalue weighted by Crippen LogP contribution is -2.47. The van der Waals surface area contributed by atoms with Crippen molar-refractivity contribution in [3.8, 4) is 0 Å². The number of hydrogen-bond acceptors (Lipinski definition) is 3. The number of nitrogens with one attached hydrogen (secondary N) is 1. The Hall–Kier alpha value is -1.84. The van der Waals surface area contributed by atoms with Crippen LogP contribution >= 0.6 is 24.0 Å². The molecule has 1 atom stereocenters. The van der Waals surface area contributed by atoms with Crippen molar-refractivity contribution in [1.82, 2.24) is 15.1 Å². The second-order valence-corrected chi connectivity index (χ2v) is 7.98. The fourth-order valence-electron chi connectivity index (χ4n) is 4.24. The Balaban J connectivity index is 0.00000320. The van der Waals surface area contributed by atoms with Gasteiger partial charge in [-0.05, 0) is 43.2 Å². The van der Waals surface area contributed by atoms with Gasteiger partial charge in [-0.1, -0.05) is 24.3 Å². The third kappa shape index (κ3) is 6.85. The number of rotatable bonds is 7. The summed E-state index contributed by atoms with van der Waals surface area (Å²) in [5, 5.41) is 3.39. The molecule has 2 heterocycles. The number of benzene rings is 1. The lowest BCUT2D eigenvalue weighted by Gasteiger charge is -2.34.